The van der Waals surface area contributed by atoms with Crippen LogP contribution in [0.3, 0.4) is 0 Å². The number of carbonyl (C=O) groups is 1. The molecular weight excluding hydrogens is 346 g/mol. The van der Waals surface area contributed by atoms with Crippen LogP contribution in [0.25, 0.3) is 0 Å². The van der Waals surface area contributed by atoms with E-state index in [-0.39, 0.29) is 19.0 Å². The second-order valence-electron chi connectivity index (χ2n) is 5.73. The first-order valence-electron chi connectivity index (χ1n) is 8.05. The number of para-hydroxylation sites is 1. The molecule has 0 aliphatic carbocycles. The van der Waals surface area contributed by atoms with Gasteiger partial charge in [0.05, 0.1) is 26.7 Å². The number of hydrogen-bond acceptors (Lipinski definition) is 6. The third-order valence-corrected chi connectivity index (χ3v) is 6.24. The molecule has 1 unspecified atom stereocenters. The molecule has 1 N–H and O–H groups in total. The standard InChI is InChI=1S/C16H25N3O5S/c1-18(10-8-16(20)24-3)25(21,22)19-11-9-17-12-14(19)13-6-4-5-7-15(13)23-2/h4-7,14,17H,8-12H2,1-3H3. The van der Waals surface area contributed by atoms with Crippen LogP contribution in [-0.4, -0.2) is 70.4 Å². The van der Waals surface area contributed by atoms with Gasteiger partial charge in [-0.2, -0.15) is 17.0 Å². The van der Waals surface area contributed by atoms with Crippen molar-refractivity contribution in [2.45, 2.75) is 12.5 Å². The molecule has 8 nitrogen and oxygen atoms in total. The van der Waals surface area contributed by atoms with E-state index in [0.29, 0.717) is 25.4 Å². The number of piperazine rings is 1. The molecule has 0 aromatic heterocycles. The van der Waals surface area contributed by atoms with Crippen molar-refractivity contribution >= 4 is 16.2 Å². The number of carbonyl (C=O) groups excluding carboxylic acids is 1. The molecule has 25 heavy (non-hydrogen) atoms. The van der Waals surface area contributed by atoms with Crippen LogP contribution in [-0.2, 0) is 19.7 Å². The molecule has 1 heterocycles. The summed E-state index contributed by atoms with van der Waals surface area (Å²) < 4.78 is 38.6. The normalized spacial score (nSPS) is 19.0. The van der Waals surface area contributed by atoms with E-state index >= 15 is 0 Å². The number of ether oxygens (including phenoxy) is 2. The van der Waals surface area contributed by atoms with Crippen LogP contribution in [0.15, 0.2) is 24.3 Å². The van der Waals surface area contributed by atoms with Crippen LogP contribution in [0.1, 0.15) is 18.0 Å². The molecular formula is C16H25N3O5S. The van der Waals surface area contributed by atoms with Crippen molar-refractivity contribution in [3.05, 3.63) is 29.8 Å². The molecule has 0 amide bonds. The maximum Gasteiger partial charge on any atom is 0.306 e. The molecule has 1 aromatic rings. The van der Waals surface area contributed by atoms with E-state index in [1.807, 2.05) is 24.3 Å². The molecule has 0 radical (unpaired) electrons. The van der Waals surface area contributed by atoms with Crippen molar-refractivity contribution in [3.63, 3.8) is 0 Å². The van der Waals surface area contributed by atoms with E-state index in [1.165, 1.54) is 22.8 Å². The Morgan fingerprint density at radius 1 is 1.36 bits per heavy atom. The number of esters is 1. The van der Waals surface area contributed by atoms with E-state index < -0.39 is 16.2 Å². The average molecular weight is 371 g/mol. The van der Waals surface area contributed by atoms with Crippen molar-refractivity contribution in [1.29, 1.82) is 0 Å². The van der Waals surface area contributed by atoms with Gasteiger partial charge in [-0.25, -0.2) is 0 Å². The number of benzene rings is 1. The van der Waals surface area contributed by atoms with Gasteiger partial charge in [0, 0.05) is 38.8 Å². The molecule has 1 saturated heterocycles. The van der Waals surface area contributed by atoms with E-state index in [2.05, 4.69) is 10.1 Å². The smallest absolute Gasteiger partial charge is 0.306 e. The summed E-state index contributed by atoms with van der Waals surface area (Å²) in [5.74, 6) is 0.206. The minimum Gasteiger partial charge on any atom is -0.496 e. The Bertz CT molecular complexity index is 695. The maximum absolute atomic E-state index is 13.0. The Labute approximate surface area is 148 Å². The number of methoxy groups -OCH3 is 2. The zero-order valence-electron chi connectivity index (χ0n) is 14.8. The molecule has 1 aromatic carbocycles. The molecule has 1 atom stereocenters. The van der Waals surface area contributed by atoms with E-state index in [9.17, 15) is 13.2 Å². The Morgan fingerprint density at radius 2 is 2.08 bits per heavy atom. The second kappa shape index (κ2) is 8.61. The highest BCUT2D eigenvalue weighted by Gasteiger charge is 2.37. The molecule has 1 fully saturated rings. The highest BCUT2D eigenvalue weighted by atomic mass is 32.2. The second-order valence-corrected chi connectivity index (χ2v) is 7.72. The van der Waals surface area contributed by atoms with Crippen LogP contribution in [0, 0.1) is 0 Å². The number of hydrogen-bond donors (Lipinski definition) is 1. The number of nitrogens with zero attached hydrogens (tertiary/aromatic N) is 2. The highest BCUT2D eigenvalue weighted by molar-refractivity contribution is 7.86. The lowest BCUT2D eigenvalue weighted by molar-refractivity contribution is -0.140. The van der Waals surface area contributed by atoms with Crippen LogP contribution in [0.2, 0.25) is 0 Å². The van der Waals surface area contributed by atoms with Gasteiger partial charge >= 0.3 is 5.97 Å². The lowest BCUT2D eigenvalue weighted by atomic mass is 10.0. The minimum absolute atomic E-state index is 0.0116. The average Bonchev–Trinajstić information content (AvgIpc) is 2.65. The molecule has 0 bridgehead atoms. The van der Waals surface area contributed by atoms with Crippen molar-refractivity contribution in [3.8, 4) is 5.75 Å². The summed E-state index contributed by atoms with van der Waals surface area (Å²) in [5.41, 5.74) is 0.808. The SMILES string of the molecule is COC(=O)CCN(C)S(=O)(=O)N1CCNCC1c1ccccc1OC. The summed E-state index contributed by atoms with van der Waals surface area (Å²) in [5, 5.41) is 3.23. The van der Waals surface area contributed by atoms with Crippen LogP contribution in [0.4, 0.5) is 0 Å². The molecule has 1 aliphatic rings. The van der Waals surface area contributed by atoms with Crippen molar-refractivity contribution in [2.75, 3.05) is 47.4 Å². The first-order valence-corrected chi connectivity index (χ1v) is 9.45. The van der Waals surface area contributed by atoms with Gasteiger partial charge in [-0.15, -0.1) is 0 Å². The molecule has 0 saturated carbocycles. The van der Waals surface area contributed by atoms with E-state index in [0.717, 1.165) is 5.56 Å². The Balaban J connectivity index is 2.25. The summed E-state index contributed by atoms with van der Waals surface area (Å²) in [6.45, 7) is 1.46. The van der Waals surface area contributed by atoms with Gasteiger partial charge < -0.3 is 14.8 Å². The lowest BCUT2D eigenvalue weighted by Crippen LogP contribution is -2.52. The van der Waals surface area contributed by atoms with Gasteiger partial charge in [-0.05, 0) is 6.07 Å². The van der Waals surface area contributed by atoms with Gasteiger partial charge in [0.25, 0.3) is 10.2 Å². The first-order chi connectivity index (χ1) is 11.9. The highest BCUT2D eigenvalue weighted by Crippen LogP contribution is 2.32. The largest absolute Gasteiger partial charge is 0.496 e. The summed E-state index contributed by atoms with van der Waals surface area (Å²) >= 11 is 0. The monoisotopic (exact) mass is 371 g/mol. The summed E-state index contributed by atoms with van der Waals surface area (Å²) in [6, 6.07) is 7.01. The third-order valence-electron chi connectivity index (χ3n) is 4.24. The number of rotatable bonds is 7. The number of nitrogens with one attached hydrogen (secondary N) is 1. The van der Waals surface area contributed by atoms with E-state index in [1.54, 1.807) is 7.11 Å². The molecule has 0 spiro atoms. The molecule has 140 valence electrons. The topological polar surface area (TPSA) is 88.2 Å². The van der Waals surface area contributed by atoms with Crippen LogP contribution < -0.4 is 10.1 Å². The quantitative estimate of drug-likeness (QED) is 0.697. The zero-order chi connectivity index (χ0) is 18.4. The van der Waals surface area contributed by atoms with Crippen molar-refractivity contribution in [2.24, 2.45) is 0 Å². The predicted octanol–water partition coefficient (Wildman–Crippen LogP) is 0.381. The van der Waals surface area contributed by atoms with Crippen LogP contribution in [0.5, 0.6) is 5.75 Å². The Kier molecular flexibility index (Phi) is 6.77. The van der Waals surface area contributed by atoms with Gasteiger partial charge in [0.1, 0.15) is 5.75 Å². The fourth-order valence-corrected chi connectivity index (χ4v) is 4.33. The third kappa shape index (κ3) is 4.49. The summed E-state index contributed by atoms with van der Waals surface area (Å²) in [7, 11) is 0.595. The fourth-order valence-electron chi connectivity index (χ4n) is 2.81. The fraction of sp³-hybridized carbons (Fsp3) is 0.562. The first kappa shape index (κ1) is 19.6. The lowest BCUT2D eigenvalue weighted by Gasteiger charge is -2.38. The molecule has 1 aliphatic heterocycles. The Hall–Kier alpha value is -1.68. The minimum atomic E-state index is -3.72. The zero-order valence-corrected chi connectivity index (χ0v) is 15.6. The Morgan fingerprint density at radius 3 is 2.76 bits per heavy atom. The van der Waals surface area contributed by atoms with Crippen molar-refractivity contribution in [1.82, 2.24) is 13.9 Å². The maximum atomic E-state index is 13.0. The van der Waals surface area contributed by atoms with E-state index in [4.69, 9.17) is 4.74 Å². The van der Waals surface area contributed by atoms with Crippen LogP contribution >= 0.6 is 0 Å². The molecule has 2 rings (SSSR count). The van der Waals surface area contributed by atoms with Gasteiger partial charge in [-0.3, -0.25) is 4.79 Å². The van der Waals surface area contributed by atoms with Crippen molar-refractivity contribution < 1.29 is 22.7 Å². The predicted molar refractivity (Wildman–Crippen MR) is 93.5 cm³/mol. The summed E-state index contributed by atoms with van der Waals surface area (Å²) in [6.07, 6.45) is 0.0116. The van der Waals surface area contributed by atoms with Gasteiger partial charge in [0.2, 0.25) is 0 Å². The summed E-state index contributed by atoms with van der Waals surface area (Å²) in [4.78, 5) is 11.3. The van der Waals surface area contributed by atoms with Gasteiger partial charge in [0.15, 0.2) is 0 Å². The molecule has 9 heteroatoms. The van der Waals surface area contributed by atoms with Gasteiger partial charge in [-0.1, -0.05) is 18.2 Å².